The molecule has 0 amide bonds. The highest BCUT2D eigenvalue weighted by Gasteiger charge is 2.72. The fourth-order valence-corrected chi connectivity index (χ4v) is 10.3. The fraction of sp³-hybridized carbons (Fsp3) is 1.00. The average molecular weight is 272 g/mol. The van der Waals surface area contributed by atoms with Gasteiger partial charge < -0.3 is 14.2 Å². The first-order valence-electron chi connectivity index (χ1n) is 6.81. The van der Waals surface area contributed by atoms with Crippen LogP contribution in [0.5, 0.6) is 0 Å². The second-order valence-corrected chi connectivity index (χ2v) is 11.7. The summed E-state index contributed by atoms with van der Waals surface area (Å²) in [5, 5.41) is 0.0278. The quantitative estimate of drug-likeness (QED) is 0.624. The predicted molar refractivity (Wildman–Crippen MR) is 72.8 cm³/mol. The summed E-state index contributed by atoms with van der Waals surface area (Å²) in [6.07, 6.45) is 1.68. The molecule has 0 aliphatic carbocycles. The van der Waals surface area contributed by atoms with Crippen LogP contribution in [0.15, 0.2) is 0 Å². The van der Waals surface area contributed by atoms with E-state index in [0.29, 0.717) is 0 Å². The van der Waals surface area contributed by atoms with Crippen molar-refractivity contribution in [3.05, 3.63) is 0 Å². The van der Waals surface area contributed by atoms with Crippen LogP contribution >= 0.6 is 7.92 Å². The maximum Gasteiger partial charge on any atom is 0.173 e. The van der Waals surface area contributed by atoms with E-state index in [1.807, 2.05) is 0 Å². The van der Waals surface area contributed by atoms with Gasteiger partial charge in [-0.25, -0.2) is 0 Å². The van der Waals surface area contributed by atoms with Crippen LogP contribution in [0.4, 0.5) is 0 Å². The molecule has 4 bridgehead atoms. The SMILES string of the molecule is CC12CC3(C)OC(C)(CC(C)(O1)P3C(C)(C)C)O2. The number of rotatable bonds is 0. The molecule has 0 radical (unpaired) electrons. The molecule has 3 nitrogen and oxygen atoms in total. The summed E-state index contributed by atoms with van der Waals surface area (Å²) < 4.78 is 18.8. The van der Waals surface area contributed by atoms with Crippen LogP contribution in [0.2, 0.25) is 0 Å². The van der Waals surface area contributed by atoms with Crippen molar-refractivity contribution in [2.45, 2.75) is 88.7 Å². The van der Waals surface area contributed by atoms with E-state index in [-0.39, 0.29) is 15.8 Å². The molecule has 4 aliphatic heterocycles. The molecule has 4 heteroatoms. The molecule has 0 aromatic heterocycles. The zero-order valence-electron chi connectivity index (χ0n) is 12.6. The van der Waals surface area contributed by atoms with Crippen LogP contribution < -0.4 is 0 Å². The minimum absolute atomic E-state index is 0.0966. The highest BCUT2D eigenvalue weighted by atomic mass is 31.1. The van der Waals surface area contributed by atoms with Gasteiger partial charge in [0.2, 0.25) is 0 Å². The molecule has 0 aromatic carbocycles. The predicted octanol–water partition coefficient (Wildman–Crippen LogP) is 4.00. The van der Waals surface area contributed by atoms with Crippen LogP contribution in [0.25, 0.3) is 0 Å². The largest absolute Gasteiger partial charge is 0.339 e. The van der Waals surface area contributed by atoms with Crippen LogP contribution in [-0.2, 0) is 14.2 Å². The van der Waals surface area contributed by atoms with E-state index in [1.165, 1.54) is 0 Å². The molecule has 4 aliphatic rings. The summed E-state index contributed by atoms with van der Waals surface area (Å²) >= 11 is 0. The smallest absolute Gasteiger partial charge is 0.173 e. The zero-order chi connectivity index (χ0) is 13.6. The zero-order valence-corrected chi connectivity index (χ0v) is 13.5. The molecule has 4 rings (SSSR count). The summed E-state index contributed by atoms with van der Waals surface area (Å²) in [7, 11) is -0.399. The van der Waals surface area contributed by atoms with Crippen molar-refractivity contribution in [2.75, 3.05) is 0 Å². The van der Waals surface area contributed by atoms with E-state index < -0.39 is 19.5 Å². The molecule has 4 heterocycles. The van der Waals surface area contributed by atoms with Gasteiger partial charge in [0.1, 0.15) is 0 Å². The number of ether oxygens (including phenoxy) is 3. The number of hydrogen-bond donors (Lipinski definition) is 0. The third kappa shape index (κ3) is 1.64. The normalized spacial score (nSPS) is 59.2. The highest BCUT2D eigenvalue weighted by molar-refractivity contribution is 7.62. The Bertz CT molecular complexity index is 356. The van der Waals surface area contributed by atoms with Gasteiger partial charge in [0, 0.05) is 12.8 Å². The van der Waals surface area contributed by atoms with Gasteiger partial charge in [-0.2, -0.15) is 0 Å². The van der Waals surface area contributed by atoms with Crippen molar-refractivity contribution in [3.8, 4) is 0 Å². The summed E-state index contributed by atoms with van der Waals surface area (Å²) in [5.41, 5.74) is 0. The Hall–Kier alpha value is 0.310. The van der Waals surface area contributed by atoms with Crippen molar-refractivity contribution < 1.29 is 14.2 Å². The van der Waals surface area contributed by atoms with Gasteiger partial charge in [0.15, 0.2) is 11.6 Å². The van der Waals surface area contributed by atoms with Crippen molar-refractivity contribution in [3.63, 3.8) is 0 Å². The van der Waals surface area contributed by atoms with Gasteiger partial charge in [-0.15, -0.1) is 0 Å². The molecular weight excluding hydrogens is 247 g/mol. The van der Waals surface area contributed by atoms with Gasteiger partial charge in [-0.1, -0.05) is 20.8 Å². The van der Waals surface area contributed by atoms with Gasteiger partial charge >= 0.3 is 0 Å². The fourth-order valence-electron chi connectivity index (χ4n) is 5.01. The Morgan fingerprint density at radius 3 is 1.50 bits per heavy atom. The monoisotopic (exact) mass is 272 g/mol. The Morgan fingerprint density at radius 1 is 0.778 bits per heavy atom. The molecule has 18 heavy (non-hydrogen) atoms. The van der Waals surface area contributed by atoms with Crippen molar-refractivity contribution in [1.29, 1.82) is 0 Å². The van der Waals surface area contributed by atoms with Crippen molar-refractivity contribution in [2.24, 2.45) is 0 Å². The molecule has 0 N–H and O–H groups in total. The third-order valence-electron chi connectivity index (χ3n) is 4.22. The van der Waals surface area contributed by atoms with Crippen LogP contribution in [0, 0.1) is 0 Å². The third-order valence-corrected chi connectivity index (χ3v) is 7.95. The standard InChI is InChI=1S/C14H25O3P/c1-10(2,3)18-13(6)8-11(4)15-12(5,17-13)9-14(18,7)16-11/h8-9H2,1-7H3. The molecule has 0 saturated carbocycles. The van der Waals surface area contributed by atoms with E-state index >= 15 is 0 Å². The summed E-state index contributed by atoms with van der Waals surface area (Å²) in [6.45, 7) is 15.6. The molecule has 104 valence electrons. The molecule has 0 spiro atoms. The van der Waals surface area contributed by atoms with Gasteiger partial charge in [-0.05, 0) is 40.8 Å². The average Bonchev–Trinajstić information content (AvgIpc) is 1.85. The van der Waals surface area contributed by atoms with E-state index in [0.717, 1.165) is 12.8 Å². The topological polar surface area (TPSA) is 27.7 Å². The number of hydrogen-bond acceptors (Lipinski definition) is 3. The molecule has 4 fully saturated rings. The Labute approximate surface area is 111 Å². The maximum absolute atomic E-state index is 6.39. The Balaban J connectivity index is 2.13. The lowest BCUT2D eigenvalue weighted by Gasteiger charge is -2.71. The van der Waals surface area contributed by atoms with Gasteiger partial charge in [0.25, 0.3) is 0 Å². The first-order valence-corrected chi connectivity index (χ1v) is 8.15. The van der Waals surface area contributed by atoms with Crippen LogP contribution in [0.3, 0.4) is 0 Å². The summed E-state index contributed by atoms with van der Waals surface area (Å²) in [6, 6.07) is 0. The van der Waals surface area contributed by atoms with Crippen LogP contribution in [0.1, 0.15) is 61.3 Å². The second-order valence-electron chi connectivity index (χ2n) is 7.78. The minimum Gasteiger partial charge on any atom is -0.339 e. The van der Waals surface area contributed by atoms with Crippen molar-refractivity contribution >= 4 is 7.92 Å². The first-order chi connectivity index (χ1) is 7.90. The first kappa shape index (κ1) is 13.3. The van der Waals surface area contributed by atoms with Crippen LogP contribution in [-0.4, -0.2) is 27.4 Å². The second kappa shape index (κ2) is 3.14. The lowest BCUT2D eigenvalue weighted by atomic mass is 9.98. The van der Waals surface area contributed by atoms with E-state index in [9.17, 15) is 0 Å². The van der Waals surface area contributed by atoms with Crippen molar-refractivity contribution in [1.82, 2.24) is 0 Å². The van der Waals surface area contributed by atoms with Gasteiger partial charge in [0.05, 0.1) is 10.7 Å². The summed E-state index contributed by atoms with van der Waals surface area (Å²) in [5.74, 6) is -0.947. The van der Waals surface area contributed by atoms with E-state index in [1.54, 1.807) is 0 Å². The highest BCUT2D eigenvalue weighted by Crippen LogP contribution is 2.80. The summed E-state index contributed by atoms with van der Waals surface area (Å²) in [4.78, 5) is 0. The molecule has 4 atom stereocenters. The molecule has 0 aromatic rings. The lowest BCUT2D eigenvalue weighted by molar-refractivity contribution is -0.468. The van der Waals surface area contributed by atoms with E-state index in [2.05, 4.69) is 48.5 Å². The maximum atomic E-state index is 6.39. The van der Waals surface area contributed by atoms with Gasteiger partial charge in [-0.3, -0.25) is 0 Å². The molecule has 4 unspecified atom stereocenters. The Kier molecular flexibility index (Phi) is 2.32. The minimum atomic E-state index is -0.473. The van der Waals surface area contributed by atoms with E-state index in [4.69, 9.17) is 14.2 Å². The molecular formula is C14H25O3P. The molecule has 4 saturated heterocycles. The Morgan fingerprint density at radius 2 is 1.17 bits per heavy atom. The lowest BCUT2D eigenvalue weighted by Crippen LogP contribution is -2.72.